The number of rotatable bonds is 35. The number of likely N-dealkylation sites (N-methyl/N-ethyl adjacent to an activating group) is 1. The molecule has 0 bridgehead atoms. The van der Waals surface area contributed by atoms with Crippen molar-refractivity contribution in [3.8, 4) is 0 Å². The Morgan fingerprint density at radius 2 is 1.16 bits per heavy atom. The van der Waals surface area contributed by atoms with Gasteiger partial charge in [0.15, 0.2) is 0 Å². The van der Waals surface area contributed by atoms with E-state index in [1.54, 1.807) is 58.2 Å². The lowest BCUT2D eigenvalue weighted by Gasteiger charge is -2.21. The van der Waals surface area contributed by atoms with Gasteiger partial charge in [0, 0.05) is 26.4 Å². The predicted octanol–water partition coefficient (Wildman–Crippen LogP) is 1.80. The van der Waals surface area contributed by atoms with Crippen LogP contribution in [0.25, 0.3) is 0 Å². The molecular formula is C39H68N4O13. The lowest BCUT2D eigenvalue weighted by atomic mass is 10.0. The highest BCUT2D eigenvalue weighted by Crippen LogP contribution is 2.20. The molecule has 3 N–H and O–H groups in total. The van der Waals surface area contributed by atoms with Gasteiger partial charge in [0.2, 0.25) is 17.7 Å². The number of amides is 3. The highest BCUT2D eigenvalue weighted by molar-refractivity contribution is 5.95. The van der Waals surface area contributed by atoms with Crippen molar-refractivity contribution in [1.82, 2.24) is 15.5 Å². The van der Waals surface area contributed by atoms with Crippen LogP contribution in [0.15, 0.2) is 18.2 Å². The monoisotopic (exact) mass is 800 g/mol. The molecule has 1 unspecified atom stereocenters. The number of ether oxygens (including phenoxy) is 9. The van der Waals surface area contributed by atoms with E-state index in [0.717, 1.165) is 0 Å². The second-order valence-electron chi connectivity index (χ2n) is 13.3. The highest BCUT2D eigenvalue weighted by atomic mass is 16.6. The largest absolute Gasteiger partial charge is 0.461 e. The third-order valence-electron chi connectivity index (χ3n) is 7.97. The molecule has 0 aliphatic heterocycles. The molecule has 17 heteroatoms. The first-order chi connectivity index (χ1) is 27.0. The molecule has 1 aromatic carbocycles. The Hall–Kier alpha value is -3.26. The minimum absolute atomic E-state index is 0.0155. The van der Waals surface area contributed by atoms with E-state index in [1.807, 2.05) is 13.8 Å². The molecule has 1 rings (SSSR count). The van der Waals surface area contributed by atoms with Crippen molar-refractivity contribution >= 4 is 29.4 Å². The molecule has 0 radical (unpaired) electrons. The van der Waals surface area contributed by atoms with Crippen molar-refractivity contribution in [3.63, 3.8) is 0 Å². The van der Waals surface area contributed by atoms with Crippen molar-refractivity contribution in [2.75, 3.05) is 132 Å². The Morgan fingerprint density at radius 3 is 1.61 bits per heavy atom. The van der Waals surface area contributed by atoms with Crippen molar-refractivity contribution in [3.05, 3.63) is 29.3 Å². The Kier molecular flexibility index (Phi) is 29.7. The topological polar surface area (TPSA) is 191 Å². The first-order valence-corrected chi connectivity index (χ1v) is 19.3. The van der Waals surface area contributed by atoms with E-state index in [9.17, 15) is 19.2 Å². The molecule has 0 aliphatic rings. The van der Waals surface area contributed by atoms with Gasteiger partial charge in [0.25, 0.3) is 0 Å². The minimum atomic E-state index is -0.422. The lowest BCUT2D eigenvalue weighted by Crippen LogP contribution is -2.47. The maximum absolute atomic E-state index is 12.9. The fourth-order valence-corrected chi connectivity index (χ4v) is 4.81. The summed E-state index contributed by atoms with van der Waals surface area (Å²) in [5, 5.41) is 8.39. The summed E-state index contributed by atoms with van der Waals surface area (Å²) in [4.78, 5) is 51.7. The van der Waals surface area contributed by atoms with Crippen molar-refractivity contribution in [1.29, 1.82) is 0 Å². The number of anilines is 1. The van der Waals surface area contributed by atoms with Crippen LogP contribution in [0.1, 0.15) is 45.2 Å². The van der Waals surface area contributed by atoms with E-state index in [-0.39, 0.29) is 62.3 Å². The molecule has 0 aromatic heterocycles. The maximum atomic E-state index is 12.9. The fourth-order valence-electron chi connectivity index (χ4n) is 4.81. The Morgan fingerprint density at radius 1 is 0.679 bits per heavy atom. The van der Waals surface area contributed by atoms with Gasteiger partial charge in [0.05, 0.1) is 124 Å². The Labute approximate surface area is 333 Å². The van der Waals surface area contributed by atoms with Crippen LogP contribution in [-0.2, 0) is 75.0 Å². The van der Waals surface area contributed by atoms with E-state index in [0.29, 0.717) is 109 Å². The molecule has 17 nitrogen and oxygen atoms in total. The van der Waals surface area contributed by atoms with Crippen LogP contribution in [0, 0.1) is 11.8 Å². The van der Waals surface area contributed by atoms with Gasteiger partial charge < -0.3 is 63.5 Å². The number of methoxy groups -OCH3 is 1. The van der Waals surface area contributed by atoms with Crippen molar-refractivity contribution in [2.45, 2.75) is 53.3 Å². The number of nitrogens with one attached hydrogen (secondary N) is 3. The summed E-state index contributed by atoms with van der Waals surface area (Å²) in [5.74, 6) is -1.41. The summed E-state index contributed by atoms with van der Waals surface area (Å²) in [5.41, 5.74) is 1.87. The van der Waals surface area contributed by atoms with Crippen molar-refractivity contribution in [2.24, 2.45) is 11.8 Å². The molecule has 322 valence electrons. The van der Waals surface area contributed by atoms with Gasteiger partial charge in [0.1, 0.15) is 6.61 Å². The number of benzene rings is 1. The molecule has 56 heavy (non-hydrogen) atoms. The minimum Gasteiger partial charge on any atom is -0.461 e. The number of hydrogen-bond acceptors (Lipinski definition) is 14. The summed E-state index contributed by atoms with van der Waals surface area (Å²) >= 11 is 0. The van der Waals surface area contributed by atoms with Gasteiger partial charge in [-0.3, -0.25) is 19.2 Å². The second kappa shape index (κ2) is 32.8. The predicted molar refractivity (Wildman–Crippen MR) is 209 cm³/mol. The van der Waals surface area contributed by atoms with Gasteiger partial charge >= 0.3 is 5.97 Å². The zero-order chi connectivity index (χ0) is 41.4. The lowest BCUT2D eigenvalue weighted by molar-refractivity contribution is -0.148. The van der Waals surface area contributed by atoms with E-state index >= 15 is 0 Å². The molecule has 0 saturated carbocycles. The molecular weight excluding hydrogens is 732 g/mol. The molecule has 1 aromatic rings. The molecule has 0 saturated heterocycles. The van der Waals surface area contributed by atoms with Crippen LogP contribution in [-0.4, -0.2) is 161 Å². The second-order valence-corrected chi connectivity index (χ2v) is 13.3. The summed E-state index contributed by atoms with van der Waals surface area (Å²) in [6, 6.07) is 4.74. The summed E-state index contributed by atoms with van der Waals surface area (Å²) < 4.78 is 48.6. The molecule has 0 spiro atoms. The van der Waals surface area contributed by atoms with Crippen LogP contribution in [0.4, 0.5) is 5.69 Å². The van der Waals surface area contributed by atoms with Gasteiger partial charge in [-0.15, -0.1) is 0 Å². The quantitative estimate of drug-likeness (QED) is 0.0666. The van der Waals surface area contributed by atoms with Gasteiger partial charge in [-0.25, -0.2) is 0 Å². The van der Waals surface area contributed by atoms with E-state index in [2.05, 4.69) is 16.0 Å². The summed E-state index contributed by atoms with van der Waals surface area (Å²) in [7, 11) is 5.00. The molecule has 0 aliphatic carbocycles. The van der Waals surface area contributed by atoms with Crippen LogP contribution in [0.2, 0.25) is 0 Å². The number of hydrogen-bond donors (Lipinski definition) is 3. The third-order valence-corrected chi connectivity index (χ3v) is 7.97. The summed E-state index contributed by atoms with van der Waals surface area (Å²) in [6.45, 7) is 14.1. The number of esters is 1. The standard InChI is InChI=1S/C39H68N4O13/c1-30(2)37(40-5)38(46)41-27-35(44)42-34-9-8-32(29-56-39(47)31(3)4)33(26-34)28-43(6)36(45)10-11-49-14-15-51-18-19-53-22-23-55-25-24-54-21-20-52-17-16-50-13-12-48-7/h8-9,26,30-31,37,40H,10-25,27-29H2,1-7H3,(H,41,46)(H,42,44). The molecule has 0 heterocycles. The number of carbonyl (C=O) groups is 4. The maximum Gasteiger partial charge on any atom is 0.308 e. The van der Waals surface area contributed by atoms with Crippen LogP contribution in [0.5, 0.6) is 0 Å². The first-order valence-electron chi connectivity index (χ1n) is 19.3. The van der Waals surface area contributed by atoms with Gasteiger partial charge in [-0.05, 0) is 36.2 Å². The molecule has 0 fully saturated rings. The Balaban J connectivity index is 2.30. The fraction of sp³-hybridized carbons (Fsp3) is 0.744. The van der Waals surface area contributed by atoms with Crippen molar-refractivity contribution < 1.29 is 61.8 Å². The third kappa shape index (κ3) is 25.1. The van der Waals surface area contributed by atoms with Crippen LogP contribution < -0.4 is 16.0 Å². The molecule has 1 atom stereocenters. The van der Waals surface area contributed by atoms with Gasteiger partial charge in [-0.1, -0.05) is 33.8 Å². The average molecular weight is 801 g/mol. The number of nitrogens with zero attached hydrogens (tertiary/aromatic N) is 1. The van der Waals surface area contributed by atoms with E-state index in [4.69, 9.17) is 42.6 Å². The van der Waals surface area contributed by atoms with Crippen LogP contribution in [0.3, 0.4) is 0 Å². The summed E-state index contributed by atoms with van der Waals surface area (Å²) in [6.07, 6.45) is 0.154. The average Bonchev–Trinajstić information content (AvgIpc) is 3.16. The normalized spacial score (nSPS) is 11.9. The molecule has 3 amide bonds. The zero-order valence-electron chi connectivity index (χ0n) is 34.7. The van der Waals surface area contributed by atoms with Crippen LogP contribution >= 0.6 is 0 Å². The Bertz CT molecular complexity index is 1220. The smallest absolute Gasteiger partial charge is 0.308 e. The van der Waals surface area contributed by atoms with E-state index < -0.39 is 11.9 Å². The van der Waals surface area contributed by atoms with Gasteiger partial charge in [-0.2, -0.15) is 0 Å². The SMILES string of the molecule is CNC(C(=O)NCC(=O)Nc1ccc(COC(=O)C(C)C)c(CN(C)C(=O)CCOCCOCCOCCOCCOCCOCCOCCOC)c1)C(C)C. The number of carbonyl (C=O) groups excluding carboxylic acids is 4. The zero-order valence-corrected chi connectivity index (χ0v) is 34.7. The van der Waals surface area contributed by atoms with E-state index in [1.165, 1.54) is 0 Å². The first kappa shape index (κ1) is 50.8. The highest BCUT2D eigenvalue weighted by Gasteiger charge is 2.21.